The Morgan fingerprint density at radius 3 is 2.84 bits per heavy atom. The summed E-state index contributed by atoms with van der Waals surface area (Å²) >= 11 is 4.94. The largest absolute Gasteiger partial charge is 0.393 e. The van der Waals surface area contributed by atoms with E-state index in [1.54, 1.807) is 7.11 Å². The van der Waals surface area contributed by atoms with Gasteiger partial charge in [-0.3, -0.25) is 4.79 Å². The molecule has 0 fully saturated rings. The quantitative estimate of drug-likeness (QED) is 0.753. The van der Waals surface area contributed by atoms with Crippen molar-refractivity contribution in [2.24, 2.45) is 11.7 Å². The van der Waals surface area contributed by atoms with Crippen molar-refractivity contribution < 1.29 is 9.53 Å². The molecule has 0 aromatic heterocycles. The van der Waals surface area contributed by atoms with E-state index in [0.717, 1.165) is 17.7 Å². The van der Waals surface area contributed by atoms with E-state index in [0.29, 0.717) is 13.0 Å². The number of carbonyl (C=O) groups is 1. The lowest BCUT2D eigenvalue weighted by molar-refractivity contribution is -0.118. The standard InChI is InChI=1S/C14H20N2O2S/c1-3-5-12(13(15)19)14(17)16-11-7-4-6-10(8-11)9-18-2/h4,6-8,12H,3,5,9H2,1-2H3,(H2,15,19)(H,16,17). The molecule has 1 aromatic rings. The number of nitrogens with two attached hydrogens (primary N) is 1. The van der Waals surface area contributed by atoms with Crippen LogP contribution in [0.1, 0.15) is 25.3 Å². The Morgan fingerprint density at radius 2 is 2.26 bits per heavy atom. The number of hydrogen-bond donors (Lipinski definition) is 2. The third-order valence-corrected chi connectivity index (χ3v) is 3.03. The number of carbonyl (C=O) groups excluding carboxylic acids is 1. The number of hydrogen-bond acceptors (Lipinski definition) is 3. The molecule has 1 rings (SSSR count). The highest BCUT2D eigenvalue weighted by Gasteiger charge is 2.20. The monoisotopic (exact) mass is 280 g/mol. The molecule has 4 nitrogen and oxygen atoms in total. The van der Waals surface area contributed by atoms with Gasteiger partial charge in [-0.15, -0.1) is 0 Å². The second-order valence-electron chi connectivity index (χ2n) is 4.37. The maximum absolute atomic E-state index is 12.1. The van der Waals surface area contributed by atoms with Gasteiger partial charge in [0, 0.05) is 12.8 Å². The van der Waals surface area contributed by atoms with Gasteiger partial charge in [0.25, 0.3) is 0 Å². The minimum atomic E-state index is -0.411. The van der Waals surface area contributed by atoms with E-state index in [4.69, 9.17) is 22.7 Å². The van der Waals surface area contributed by atoms with Crippen LogP contribution in [0.15, 0.2) is 24.3 Å². The highest BCUT2D eigenvalue weighted by Crippen LogP contribution is 2.15. The van der Waals surface area contributed by atoms with Crippen LogP contribution in [0.2, 0.25) is 0 Å². The van der Waals surface area contributed by atoms with Crippen molar-refractivity contribution in [2.75, 3.05) is 12.4 Å². The zero-order chi connectivity index (χ0) is 14.3. The third-order valence-electron chi connectivity index (χ3n) is 2.74. The maximum atomic E-state index is 12.1. The van der Waals surface area contributed by atoms with Crippen LogP contribution in [0.5, 0.6) is 0 Å². The first-order valence-corrected chi connectivity index (χ1v) is 6.67. The Morgan fingerprint density at radius 1 is 1.53 bits per heavy atom. The third kappa shape index (κ3) is 4.96. The molecule has 1 aromatic carbocycles. The summed E-state index contributed by atoms with van der Waals surface area (Å²) in [5.41, 5.74) is 7.34. The highest BCUT2D eigenvalue weighted by molar-refractivity contribution is 7.80. The molecule has 1 amide bonds. The minimum Gasteiger partial charge on any atom is -0.393 e. The van der Waals surface area contributed by atoms with E-state index < -0.39 is 5.92 Å². The van der Waals surface area contributed by atoms with Crippen LogP contribution in [0.3, 0.4) is 0 Å². The summed E-state index contributed by atoms with van der Waals surface area (Å²) in [6, 6.07) is 7.53. The van der Waals surface area contributed by atoms with E-state index in [1.165, 1.54) is 0 Å². The number of methoxy groups -OCH3 is 1. The van der Waals surface area contributed by atoms with E-state index in [9.17, 15) is 4.79 Å². The van der Waals surface area contributed by atoms with Gasteiger partial charge >= 0.3 is 0 Å². The van der Waals surface area contributed by atoms with Crippen molar-refractivity contribution in [3.63, 3.8) is 0 Å². The lowest BCUT2D eigenvalue weighted by atomic mass is 10.0. The molecule has 5 heteroatoms. The van der Waals surface area contributed by atoms with Crippen LogP contribution < -0.4 is 11.1 Å². The molecule has 0 aliphatic heterocycles. The summed E-state index contributed by atoms with van der Waals surface area (Å²) in [6.45, 7) is 2.51. The van der Waals surface area contributed by atoms with Gasteiger partial charge in [-0.1, -0.05) is 37.7 Å². The van der Waals surface area contributed by atoms with E-state index >= 15 is 0 Å². The van der Waals surface area contributed by atoms with Crippen LogP contribution in [0, 0.1) is 5.92 Å². The number of ether oxygens (including phenoxy) is 1. The molecular formula is C14H20N2O2S. The van der Waals surface area contributed by atoms with Gasteiger partial charge in [-0.25, -0.2) is 0 Å². The first-order valence-electron chi connectivity index (χ1n) is 6.26. The average Bonchev–Trinajstić information content (AvgIpc) is 2.36. The molecule has 0 saturated carbocycles. The number of thiocarbonyl (C=S) groups is 1. The van der Waals surface area contributed by atoms with Crippen LogP contribution in [-0.2, 0) is 16.1 Å². The first-order chi connectivity index (χ1) is 9.08. The lowest BCUT2D eigenvalue weighted by Crippen LogP contribution is -2.33. The molecule has 1 atom stereocenters. The van der Waals surface area contributed by atoms with Gasteiger partial charge in [-0.2, -0.15) is 0 Å². The first kappa shape index (κ1) is 15.6. The highest BCUT2D eigenvalue weighted by atomic mass is 32.1. The van der Waals surface area contributed by atoms with Gasteiger partial charge in [0.15, 0.2) is 0 Å². The van der Waals surface area contributed by atoms with Crippen molar-refractivity contribution in [1.29, 1.82) is 0 Å². The van der Waals surface area contributed by atoms with Crippen molar-refractivity contribution >= 4 is 28.8 Å². The molecule has 0 aliphatic rings. The Bertz CT molecular complexity index is 449. The molecule has 1 unspecified atom stereocenters. The van der Waals surface area contributed by atoms with E-state index in [1.807, 2.05) is 31.2 Å². The maximum Gasteiger partial charge on any atom is 0.234 e. The fourth-order valence-electron chi connectivity index (χ4n) is 1.83. The Balaban J connectivity index is 2.74. The fourth-order valence-corrected chi connectivity index (χ4v) is 2.05. The van der Waals surface area contributed by atoms with E-state index in [-0.39, 0.29) is 10.9 Å². The summed E-state index contributed by atoms with van der Waals surface area (Å²) in [7, 11) is 1.63. The van der Waals surface area contributed by atoms with Gasteiger partial charge in [-0.05, 0) is 24.1 Å². The summed E-state index contributed by atoms with van der Waals surface area (Å²) in [5, 5.41) is 2.84. The van der Waals surface area contributed by atoms with Crippen molar-refractivity contribution in [2.45, 2.75) is 26.4 Å². The second kappa shape index (κ2) is 7.86. The van der Waals surface area contributed by atoms with Crippen LogP contribution in [0.25, 0.3) is 0 Å². The summed E-state index contributed by atoms with van der Waals surface area (Å²) < 4.78 is 5.06. The van der Waals surface area contributed by atoms with Crippen molar-refractivity contribution in [1.82, 2.24) is 0 Å². The summed E-state index contributed by atoms with van der Waals surface area (Å²) in [6.07, 6.45) is 1.53. The smallest absolute Gasteiger partial charge is 0.234 e. The number of anilines is 1. The predicted octanol–water partition coefficient (Wildman–Crippen LogP) is 2.47. The Kier molecular flexibility index (Phi) is 6.45. The molecule has 0 heterocycles. The average molecular weight is 280 g/mol. The number of rotatable bonds is 7. The molecule has 0 radical (unpaired) electrons. The summed E-state index contributed by atoms with van der Waals surface area (Å²) in [4.78, 5) is 12.3. The van der Waals surface area contributed by atoms with Gasteiger partial charge in [0.05, 0.1) is 17.5 Å². The predicted molar refractivity (Wildman–Crippen MR) is 81.0 cm³/mol. The number of nitrogens with one attached hydrogen (secondary N) is 1. The fraction of sp³-hybridized carbons (Fsp3) is 0.429. The minimum absolute atomic E-state index is 0.149. The topological polar surface area (TPSA) is 64.3 Å². The molecule has 0 spiro atoms. The molecule has 0 saturated heterocycles. The molecule has 0 bridgehead atoms. The molecule has 3 N–H and O–H groups in total. The zero-order valence-corrected chi connectivity index (χ0v) is 12.1. The SMILES string of the molecule is CCCC(C(=O)Nc1cccc(COC)c1)C(N)=S. The molecular weight excluding hydrogens is 260 g/mol. The van der Waals surface area contributed by atoms with Crippen LogP contribution >= 0.6 is 12.2 Å². The molecule has 19 heavy (non-hydrogen) atoms. The normalized spacial score (nSPS) is 11.9. The Labute approximate surface area is 119 Å². The van der Waals surface area contributed by atoms with Gasteiger partial charge in [0.1, 0.15) is 0 Å². The van der Waals surface area contributed by atoms with Crippen molar-refractivity contribution in [3.05, 3.63) is 29.8 Å². The van der Waals surface area contributed by atoms with Gasteiger partial charge in [0.2, 0.25) is 5.91 Å². The summed E-state index contributed by atoms with van der Waals surface area (Å²) in [5.74, 6) is -0.560. The van der Waals surface area contributed by atoms with Gasteiger partial charge < -0.3 is 15.8 Å². The van der Waals surface area contributed by atoms with Crippen LogP contribution in [0.4, 0.5) is 5.69 Å². The Hall–Kier alpha value is -1.46. The zero-order valence-electron chi connectivity index (χ0n) is 11.3. The number of benzene rings is 1. The lowest BCUT2D eigenvalue weighted by Gasteiger charge is -2.15. The van der Waals surface area contributed by atoms with E-state index in [2.05, 4.69) is 5.32 Å². The van der Waals surface area contributed by atoms with Crippen molar-refractivity contribution in [3.8, 4) is 0 Å². The second-order valence-corrected chi connectivity index (χ2v) is 4.84. The molecule has 104 valence electrons. The van der Waals surface area contributed by atoms with Crippen LogP contribution in [-0.4, -0.2) is 18.0 Å². The molecule has 0 aliphatic carbocycles. The number of amides is 1.